The maximum Gasteiger partial charge on any atom is 0.0558 e. The highest BCUT2D eigenvalue weighted by atomic mass is 35.5. The predicted molar refractivity (Wildman–Crippen MR) is 68.0 cm³/mol. The maximum atomic E-state index is 3.41. The molecule has 1 nitrogen and oxygen atoms in total. The number of hydrogen-bond donors (Lipinski definition) is 1. The van der Waals surface area contributed by atoms with Crippen molar-refractivity contribution in [3.63, 3.8) is 0 Å². The van der Waals surface area contributed by atoms with Crippen LogP contribution in [-0.4, -0.2) is 6.54 Å². The molecule has 1 aromatic heterocycles. The van der Waals surface area contributed by atoms with Crippen molar-refractivity contribution in [2.24, 2.45) is 0 Å². The van der Waals surface area contributed by atoms with Gasteiger partial charge in [0.25, 0.3) is 0 Å². The maximum absolute atomic E-state index is 3.41. The van der Waals surface area contributed by atoms with Crippen molar-refractivity contribution in [2.75, 3.05) is 11.9 Å². The molecule has 0 aliphatic rings. The first-order chi connectivity index (χ1) is 6.33. The van der Waals surface area contributed by atoms with Gasteiger partial charge < -0.3 is 5.32 Å². The average molecular weight is 228 g/mol. The Balaban J connectivity index is 0.000000980. The molecule has 0 fully saturated rings. The standard InChI is InChI=1S/C11H13NS.ClH/c1-3-12-11-8(2)13-10-7-5-4-6-9(10)11;/h4-7,12H,3H2,1-2H3;1H. The average Bonchev–Trinajstić information content (AvgIpc) is 2.44. The van der Waals surface area contributed by atoms with Gasteiger partial charge in [-0.1, -0.05) is 18.2 Å². The normalized spacial score (nSPS) is 9.86. The zero-order chi connectivity index (χ0) is 9.26. The molecule has 2 rings (SSSR count). The molecule has 0 saturated heterocycles. The summed E-state index contributed by atoms with van der Waals surface area (Å²) in [5, 5.41) is 4.76. The number of aryl methyl sites for hydroxylation is 1. The predicted octanol–water partition coefficient (Wildman–Crippen LogP) is 4.06. The minimum atomic E-state index is 0. The molecule has 0 radical (unpaired) electrons. The quantitative estimate of drug-likeness (QED) is 0.816. The second kappa shape index (κ2) is 4.67. The van der Waals surface area contributed by atoms with Gasteiger partial charge >= 0.3 is 0 Å². The molecule has 1 heterocycles. The number of fused-ring (bicyclic) bond motifs is 1. The minimum Gasteiger partial charge on any atom is -0.384 e. The van der Waals surface area contributed by atoms with E-state index in [2.05, 4.69) is 43.4 Å². The zero-order valence-corrected chi connectivity index (χ0v) is 9.97. The van der Waals surface area contributed by atoms with Gasteiger partial charge in [0.2, 0.25) is 0 Å². The zero-order valence-electron chi connectivity index (χ0n) is 8.33. The smallest absolute Gasteiger partial charge is 0.0558 e. The fraction of sp³-hybridized carbons (Fsp3) is 0.273. The van der Waals surface area contributed by atoms with Crippen LogP contribution in [0.5, 0.6) is 0 Å². The summed E-state index contributed by atoms with van der Waals surface area (Å²) in [6.07, 6.45) is 0. The first kappa shape index (κ1) is 11.3. The summed E-state index contributed by atoms with van der Waals surface area (Å²) in [5.74, 6) is 0. The van der Waals surface area contributed by atoms with Crippen molar-refractivity contribution >= 4 is 39.5 Å². The Morgan fingerprint density at radius 1 is 1.29 bits per heavy atom. The Bertz CT molecular complexity index is 422. The molecule has 0 aliphatic carbocycles. The van der Waals surface area contributed by atoms with Crippen molar-refractivity contribution in [1.82, 2.24) is 0 Å². The fourth-order valence-corrected chi connectivity index (χ4v) is 2.60. The summed E-state index contributed by atoms with van der Waals surface area (Å²) < 4.78 is 1.37. The molecule has 1 aromatic carbocycles. The van der Waals surface area contributed by atoms with Gasteiger partial charge in [0, 0.05) is 21.5 Å². The van der Waals surface area contributed by atoms with Crippen molar-refractivity contribution in [3.8, 4) is 0 Å². The van der Waals surface area contributed by atoms with Crippen LogP contribution in [0, 0.1) is 6.92 Å². The van der Waals surface area contributed by atoms with Crippen molar-refractivity contribution in [2.45, 2.75) is 13.8 Å². The van der Waals surface area contributed by atoms with Crippen LogP contribution in [0.3, 0.4) is 0 Å². The number of nitrogens with one attached hydrogen (secondary N) is 1. The SMILES string of the molecule is CCNc1c(C)sc2ccccc12.Cl. The fourth-order valence-electron chi connectivity index (χ4n) is 1.56. The van der Waals surface area contributed by atoms with E-state index in [-0.39, 0.29) is 12.4 Å². The number of halogens is 1. The van der Waals surface area contributed by atoms with E-state index in [1.54, 1.807) is 0 Å². The summed E-state index contributed by atoms with van der Waals surface area (Å²) in [6.45, 7) is 5.29. The van der Waals surface area contributed by atoms with Crippen LogP contribution in [0.25, 0.3) is 10.1 Å². The molecule has 0 atom stereocenters. The van der Waals surface area contributed by atoms with Crippen molar-refractivity contribution in [3.05, 3.63) is 29.1 Å². The highest BCUT2D eigenvalue weighted by Crippen LogP contribution is 2.34. The number of anilines is 1. The van der Waals surface area contributed by atoms with Gasteiger partial charge in [-0.25, -0.2) is 0 Å². The van der Waals surface area contributed by atoms with Gasteiger partial charge in [-0.05, 0) is 19.9 Å². The number of hydrogen-bond acceptors (Lipinski definition) is 2. The molecule has 0 bridgehead atoms. The molecule has 14 heavy (non-hydrogen) atoms. The number of thiophene rings is 1. The van der Waals surface area contributed by atoms with Gasteiger partial charge in [-0.15, -0.1) is 23.7 Å². The van der Waals surface area contributed by atoms with Gasteiger partial charge in [-0.3, -0.25) is 0 Å². The van der Waals surface area contributed by atoms with E-state index in [0.717, 1.165) is 6.54 Å². The van der Waals surface area contributed by atoms with Crippen molar-refractivity contribution < 1.29 is 0 Å². The second-order valence-electron chi connectivity index (χ2n) is 3.06. The third-order valence-corrected chi connectivity index (χ3v) is 3.21. The molecule has 1 N–H and O–H groups in total. The van der Waals surface area contributed by atoms with E-state index in [0.29, 0.717) is 0 Å². The molecule has 0 unspecified atom stereocenters. The van der Waals surface area contributed by atoms with Crippen LogP contribution in [0.2, 0.25) is 0 Å². The minimum absolute atomic E-state index is 0. The van der Waals surface area contributed by atoms with Crippen LogP contribution in [0.1, 0.15) is 11.8 Å². The lowest BCUT2D eigenvalue weighted by Crippen LogP contribution is -1.96. The van der Waals surface area contributed by atoms with E-state index in [1.807, 2.05) is 11.3 Å². The van der Waals surface area contributed by atoms with Crippen LogP contribution in [-0.2, 0) is 0 Å². The first-order valence-electron chi connectivity index (χ1n) is 4.55. The molecular weight excluding hydrogens is 214 g/mol. The molecular formula is C11H14ClNS. The number of rotatable bonds is 2. The van der Waals surface area contributed by atoms with E-state index < -0.39 is 0 Å². The summed E-state index contributed by atoms with van der Waals surface area (Å²) >= 11 is 1.86. The molecule has 0 saturated carbocycles. The van der Waals surface area contributed by atoms with Crippen LogP contribution >= 0.6 is 23.7 Å². The third kappa shape index (κ3) is 1.86. The van der Waals surface area contributed by atoms with E-state index in [1.165, 1.54) is 20.7 Å². The van der Waals surface area contributed by atoms with Crippen LogP contribution in [0.4, 0.5) is 5.69 Å². The molecule has 3 heteroatoms. The summed E-state index contributed by atoms with van der Waals surface area (Å²) in [5.41, 5.74) is 1.31. The number of benzene rings is 1. The van der Waals surface area contributed by atoms with Gasteiger partial charge in [-0.2, -0.15) is 0 Å². The van der Waals surface area contributed by atoms with Crippen LogP contribution in [0.15, 0.2) is 24.3 Å². The second-order valence-corrected chi connectivity index (χ2v) is 4.32. The monoisotopic (exact) mass is 227 g/mol. The van der Waals surface area contributed by atoms with Gasteiger partial charge in [0.1, 0.15) is 0 Å². The van der Waals surface area contributed by atoms with Crippen LogP contribution < -0.4 is 5.32 Å². The third-order valence-electron chi connectivity index (χ3n) is 2.13. The Morgan fingerprint density at radius 2 is 2.00 bits per heavy atom. The first-order valence-corrected chi connectivity index (χ1v) is 5.36. The molecule has 76 valence electrons. The lowest BCUT2D eigenvalue weighted by Gasteiger charge is -2.01. The highest BCUT2D eigenvalue weighted by Gasteiger charge is 2.05. The van der Waals surface area contributed by atoms with E-state index >= 15 is 0 Å². The molecule has 2 aromatic rings. The Kier molecular flexibility index (Phi) is 3.78. The van der Waals surface area contributed by atoms with Gasteiger partial charge in [0.15, 0.2) is 0 Å². The lowest BCUT2D eigenvalue weighted by atomic mass is 10.2. The summed E-state index contributed by atoms with van der Waals surface area (Å²) in [7, 11) is 0. The molecule has 0 aliphatic heterocycles. The Labute approximate surface area is 94.6 Å². The van der Waals surface area contributed by atoms with E-state index in [9.17, 15) is 0 Å². The van der Waals surface area contributed by atoms with Gasteiger partial charge in [0.05, 0.1) is 5.69 Å². The highest BCUT2D eigenvalue weighted by molar-refractivity contribution is 7.19. The lowest BCUT2D eigenvalue weighted by molar-refractivity contribution is 1.22. The summed E-state index contributed by atoms with van der Waals surface area (Å²) in [6, 6.07) is 8.54. The Morgan fingerprint density at radius 3 is 2.71 bits per heavy atom. The molecule has 0 amide bonds. The van der Waals surface area contributed by atoms with Crippen molar-refractivity contribution in [1.29, 1.82) is 0 Å². The molecule has 0 spiro atoms. The Hall–Kier alpha value is -0.730. The largest absolute Gasteiger partial charge is 0.384 e. The van der Waals surface area contributed by atoms with E-state index in [4.69, 9.17) is 0 Å². The summed E-state index contributed by atoms with van der Waals surface area (Å²) in [4.78, 5) is 1.38. The topological polar surface area (TPSA) is 12.0 Å².